The van der Waals surface area contributed by atoms with Crippen molar-refractivity contribution >= 4 is 5.91 Å². The second kappa shape index (κ2) is 5.60. The van der Waals surface area contributed by atoms with Crippen molar-refractivity contribution in [1.29, 1.82) is 0 Å². The smallest absolute Gasteiger partial charge is 0.236 e. The lowest BCUT2D eigenvalue weighted by molar-refractivity contribution is -0.130. The average molecular weight is 225 g/mol. The predicted octanol–water partition coefficient (Wildman–Crippen LogP) is -0.228. The van der Waals surface area contributed by atoms with E-state index in [0.717, 1.165) is 5.82 Å². The highest BCUT2D eigenvalue weighted by Gasteiger charge is 2.11. The normalized spacial score (nSPS) is 10.8. The van der Waals surface area contributed by atoms with Gasteiger partial charge in [0.25, 0.3) is 0 Å². The van der Waals surface area contributed by atoms with Crippen LogP contribution in [0.15, 0.2) is 6.33 Å². The molecule has 0 aliphatic carbocycles. The molecule has 0 aliphatic heterocycles. The van der Waals surface area contributed by atoms with Gasteiger partial charge in [0.05, 0.1) is 13.1 Å². The van der Waals surface area contributed by atoms with Gasteiger partial charge in [-0.1, -0.05) is 0 Å². The summed E-state index contributed by atoms with van der Waals surface area (Å²) in [6.45, 7) is 4.84. The van der Waals surface area contributed by atoms with Gasteiger partial charge in [-0.05, 0) is 13.8 Å². The van der Waals surface area contributed by atoms with Gasteiger partial charge in [-0.2, -0.15) is 0 Å². The predicted molar refractivity (Wildman–Crippen MR) is 60.6 cm³/mol. The van der Waals surface area contributed by atoms with Crippen LogP contribution in [-0.4, -0.2) is 45.2 Å². The summed E-state index contributed by atoms with van der Waals surface area (Å²) in [6.07, 6.45) is 1.64. The van der Waals surface area contributed by atoms with E-state index in [-0.39, 0.29) is 11.9 Å². The Labute approximate surface area is 95.6 Å². The van der Waals surface area contributed by atoms with Gasteiger partial charge < -0.3 is 14.8 Å². The molecule has 90 valence electrons. The first-order valence-corrected chi connectivity index (χ1v) is 5.31. The van der Waals surface area contributed by atoms with Gasteiger partial charge >= 0.3 is 0 Å². The molecule has 0 saturated carbocycles. The Morgan fingerprint density at radius 2 is 2.31 bits per heavy atom. The summed E-state index contributed by atoms with van der Waals surface area (Å²) in [6, 6.07) is 0.226. The van der Waals surface area contributed by atoms with Crippen molar-refractivity contribution in [3.8, 4) is 0 Å². The maximum Gasteiger partial charge on any atom is 0.236 e. The van der Waals surface area contributed by atoms with Crippen LogP contribution in [-0.2, 0) is 18.4 Å². The highest BCUT2D eigenvalue weighted by molar-refractivity contribution is 5.78. The number of carbonyl (C=O) groups excluding carboxylic acids is 1. The fourth-order valence-corrected chi connectivity index (χ4v) is 1.16. The summed E-state index contributed by atoms with van der Waals surface area (Å²) >= 11 is 0. The number of likely N-dealkylation sites (N-methyl/N-ethyl adjacent to an activating group) is 1. The number of amides is 1. The molecule has 16 heavy (non-hydrogen) atoms. The Hall–Kier alpha value is -1.43. The fourth-order valence-electron chi connectivity index (χ4n) is 1.16. The minimum absolute atomic E-state index is 0.0807. The third kappa shape index (κ3) is 3.30. The number of carbonyl (C=O) groups is 1. The monoisotopic (exact) mass is 225 g/mol. The SMILES string of the molecule is CC(C)N(C)C(=O)CNCc1nncn1C. The molecule has 1 amide bonds. The first-order chi connectivity index (χ1) is 7.52. The van der Waals surface area contributed by atoms with E-state index < -0.39 is 0 Å². The van der Waals surface area contributed by atoms with Gasteiger partial charge in [0.15, 0.2) is 0 Å². The van der Waals surface area contributed by atoms with E-state index in [9.17, 15) is 4.79 Å². The van der Waals surface area contributed by atoms with Crippen LogP contribution < -0.4 is 5.32 Å². The lowest BCUT2D eigenvalue weighted by Gasteiger charge is -2.21. The van der Waals surface area contributed by atoms with E-state index in [2.05, 4.69) is 15.5 Å². The first-order valence-electron chi connectivity index (χ1n) is 5.31. The van der Waals surface area contributed by atoms with Gasteiger partial charge in [0, 0.05) is 20.1 Å². The number of hydrogen-bond donors (Lipinski definition) is 1. The lowest BCUT2D eigenvalue weighted by Crippen LogP contribution is -2.39. The molecule has 0 spiro atoms. The standard InChI is InChI=1S/C10H19N5O/c1-8(2)15(4)10(16)6-11-5-9-13-12-7-14(9)3/h7-8,11H,5-6H2,1-4H3. The number of nitrogens with zero attached hydrogens (tertiary/aromatic N) is 4. The number of hydrogen-bond acceptors (Lipinski definition) is 4. The molecule has 1 heterocycles. The highest BCUT2D eigenvalue weighted by atomic mass is 16.2. The highest BCUT2D eigenvalue weighted by Crippen LogP contribution is 1.94. The topological polar surface area (TPSA) is 63.1 Å². The van der Waals surface area contributed by atoms with Gasteiger partial charge in [-0.3, -0.25) is 4.79 Å². The molecule has 0 bridgehead atoms. The molecule has 6 nitrogen and oxygen atoms in total. The van der Waals surface area contributed by atoms with E-state index >= 15 is 0 Å². The lowest BCUT2D eigenvalue weighted by atomic mass is 10.3. The van der Waals surface area contributed by atoms with Gasteiger partial charge in [0.1, 0.15) is 12.2 Å². The Kier molecular flexibility index (Phi) is 4.42. The van der Waals surface area contributed by atoms with E-state index in [1.54, 1.807) is 18.3 Å². The van der Waals surface area contributed by atoms with Crippen LogP contribution in [0.5, 0.6) is 0 Å². The first kappa shape index (κ1) is 12.6. The van der Waals surface area contributed by atoms with E-state index in [1.165, 1.54) is 0 Å². The molecule has 0 unspecified atom stereocenters. The van der Waals surface area contributed by atoms with Gasteiger partial charge in [0.2, 0.25) is 5.91 Å². The number of nitrogens with one attached hydrogen (secondary N) is 1. The van der Waals surface area contributed by atoms with Gasteiger partial charge in [-0.25, -0.2) is 0 Å². The maximum atomic E-state index is 11.6. The zero-order valence-electron chi connectivity index (χ0n) is 10.3. The Balaban J connectivity index is 2.31. The molecule has 1 aromatic heterocycles. The van der Waals surface area contributed by atoms with Crippen molar-refractivity contribution in [1.82, 2.24) is 25.0 Å². The van der Waals surface area contributed by atoms with Crippen LogP contribution in [0.1, 0.15) is 19.7 Å². The van der Waals surface area contributed by atoms with Crippen molar-refractivity contribution < 1.29 is 4.79 Å². The minimum atomic E-state index is 0.0807. The summed E-state index contributed by atoms with van der Waals surface area (Å²) < 4.78 is 1.82. The van der Waals surface area contributed by atoms with Crippen LogP contribution in [0.4, 0.5) is 0 Å². The fraction of sp³-hybridized carbons (Fsp3) is 0.700. The molecule has 1 aromatic rings. The minimum Gasteiger partial charge on any atom is -0.342 e. The molecule has 0 aromatic carbocycles. The second-order valence-electron chi connectivity index (χ2n) is 4.06. The second-order valence-corrected chi connectivity index (χ2v) is 4.06. The van der Waals surface area contributed by atoms with Crippen molar-refractivity contribution in [2.75, 3.05) is 13.6 Å². The average Bonchev–Trinajstić information content (AvgIpc) is 2.63. The quantitative estimate of drug-likeness (QED) is 0.752. The maximum absolute atomic E-state index is 11.6. The van der Waals surface area contributed by atoms with Crippen LogP contribution in [0.25, 0.3) is 0 Å². The number of aromatic nitrogens is 3. The van der Waals surface area contributed by atoms with Crippen molar-refractivity contribution in [2.24, 2.45) is 7.05 Å². The molecule has 0 radical (unpaired) electrons. The summed E-state index contributed by atoms with van der Waals surface area (Å²) in [5.74, 6) is 0.900. The Morgan fingerprint density at radius 1 is 1.62 bits per heavy atom. The zero-order chi connectivity index (χ0) is 12.1. The third-order valence-electron chi connectivity index (χ3n) is 2.53. The van der Waals surface area contributed by atoms with Gasteiger partial charge in [-0.15, -0.1) is 10.2 Å². The van der Waals surface area contributed by atoms with Crippen molar-refractivity contribution in [3.63, 3.8) is 0 Å². The summed E-state index contributed by atoms with van der Waals surface area (Å²) in [7, 11) is 3.68. The summed E-state index contributed by atoms with van der Waals surface area (Å²) in [4.78, 5) is 13.3. The van der Waals surface area contributed by atoms with Crippen LogP contribution in [0.3, 0.4) is 0 Å². The molecule has 6 heteroatoms. The van der Waals surface area contributed by atoms with E-state index in [1.807, 2.05) is 25.5 Å². The molecule has 0 atom stereocenters. The molecular weight excluding hydrogens is 206 g/mol. The number of rotatable bonds is 5. The Morgan fingerprint density at radius 3 is 2.81 bits per heavy atom. The Bertz CT molecular complexity index is 347. The van der Waals surface area contributed by atoms with E-state index in [0.29, 0.717) is 13.1 Å². The van der Waals surface area contributed by atoms with Crippen LogP contribution in [0, 0.1) is 0 Å². The van der Waals surface area contributed by atoms with Crippen LogP contribution >= 0.6 is 0 Å². The zero-order valence-corrected chi connectivity index (χ0v) is 10.3. The molecule has 0 fully saturated rings. The van der Waals surface area contributed by atoms with Crippen molar-refractivity contribution in [3.05, 3.63) is 12.2 Å². The summed E-state index contributed by atoms with van der Waals surface area (Å²) in [5.41, 5.74) is 0. The molecule has 0 saturated heterocycles. The molecule has 1 N–H and O–H groups in total. The third-order valence-corrected chi connectivity index (χ3v) is 2.53. The molecule has 1 rings (SSSR count). The largest absolute Gasteiger partial charge is 0.342 e. The molecule has 0 aliphatic rings. The summed E-state index contributed by atoms with van der Waals surface area (Å²) in [5, 5.41) is 10.7. The molecular formula is C10H19N5O. The number of aryl methyl sites for hydroxylation is 1. The van der Waals surface area contributed by atoms with E-state index in [4.69, 9.17) is 0 Å². The van der Waals surface area contributed by atoms with Crippen LogP contribution in [0.2, 0.25) is 0 Å². The van der Waals surface area contributed by atoms with Crippen molar-refractivity contribution in [2.45, 2.75) is 26.4 Å².